The first-order valence-corrected chi connectivity index (χ1v) is 12.9. The van der Waals surface area contributed by atoms with E-state index in [1.807, 2.05) is 12.1 Å². The third-order valence-corrected chi connectivity index (χ3v) is 7.37. The van der Waals surface area contributed by atoms with Crippen molar-refractivity contribution in [2.45, 2.75) is 13.1 Å². The fourth-order valence-electron chi connectivity index (χ4n) is 5.22. The summed E-state index contributed by atoms with van der Waals surface area (Å²) in [5.74, 6) is 2.85. The molecule has 6 rings (SSSR count). The Labute approximate surface area is 225 Å². The summed E-state index contributed by atoms with van der Waals surface area (Å²) in [6, 6.07) is 16.6. The molecule has 0 bridgehead atoms. The van der Waals surface area contributed by atoms with Crippen molar-refractivity contribution in [2.24, 2.45) is 0 Å². The molecule has 0 spiro atoms. The molecule has 0 saturated carbocycles. The average Bonchev–Trinajstić information content (AvgIpc) is 3.43. The molecule has 3 aromatic carbocycles. The number of rotatable bonds is 7. The summed E-state index contributed by atoms with van der Waals surface area (Å²) in [5, 5.41) is 11.5. The van der Waals surface area contributed by atoms with Crippen molar-refractivity contribution in [3.05, 3.63) is 76.1 Å². The zero-order valence-electron chi connectivity index (χ0n) is 21.9. The molecule has 1 aromatic heterocycles. The Bertz CT molecular complexity index is 1570. The summed E-state index contributed by atoms with van der Waals surface area (Å²) in [5.41, 5.74) is 2.64. The minimum atomic E-state index is -0.505. The molecule has 1 fully saturated rings. The maximum absolute atomic E-state index is 13.2. The van der Waals surface area contributed by atoms with Gasteiger partial charge in [-0.1, -0.05) is 6.07 Å². The Balaban J connectivity index is 1.20. The summed E-state index contributed by atoms with van der Waals surface area (Å²) in [7, 11) is 3.12. The summed E-state index contributed by atoms with van der Waals surface area (Å²) >= 11 is 0. The Hall–Kier alpha value is -4.21. The largest absolute Gasteiger partial charge is 0.507 e. The van der Waals surface area contributed by atoms with Gasteiger partial charge in [0, 0.05) is 50.2 Å². The quantitative estimate of drug-likeness (QED) is 0.352. The van der Waals surface area contributed by atoms with Gasteiger partial charge in [-0.3, -0.25) is 9.80 Å². The molecule has 4 aromatic rings. The zero-order chi connectivity index (χ0) is 26.9. The highest BCUT2D eigenvalue weighted by atomic mass is 16.7. The first-order valence-electron chi connectivity index (χ1n) is 12.9. The second kappa shape index (κ2) is 10.5. The lowest BCUT2D eigenvalue weighted by atomic mass is 10.0. The van der Waals surface area contributed by atoms with E-state index in [1.165, 1.54) is 5.56 Å². The number of benzene rings is 3. The van der Waals surface area contributed by atoms with Crippen LogP contribution in [0.15, 0.2) is 63.8 Å². The van der Waals surface area contributed by atoms with Crippen LogP contribution in [0.2, 0.25) is 0 Å². The predicted octanol–water partition coefficient (Wildman–Crippen LogP) is 4.23. The van der Waals surface area contributed by atoms with Gasteiger partial charge in [-0.15, -0.1) is 0 Å². The lowest BCUT2D eigenvalue weighted by Crippen LogP contribution is -2.45. The average molecular weight is 531 g/mol. The smallest absolute Gasteiger partial charge is 0.344 e. The van der Waals surface area contributed by atoms with Crippen LogP contribution in [0.4, 0.5) is 0 Å². The lowest BCUT2D eigenvalue weighted by molar-refractivity contribution is 0.121. The van der Waals surface area contributed by atoms with E-state index in [-0.39, 0.29) is 12.5 Å². The van der Waals surface area contributed by atoms with Crippen molar-refractivity contribution < 1.29 is 28.5 Å². The number of aromatic hydroxyl groups is 1. The monoisotopic (exact) mass is 530 g/mol. The second-order valence-electron chi connectivity index (χ2n) is 9.74. The van der Waals surface area contributed by atoms with Gasteiger partial charge in [0.1, 0.15) is 22.8 Å². The van der Waals surface area contributed by atoms with Gasteiger partial charge in [0.25, 0.3) is 0 Å². The number of methoxy groups -OCH3 is 2. The number of fused-ring (bicyclic) bond motifs is 2. The van der Waals surface area contributed by atoms with Gasteiger partial charge < -0.3 is 28.5 Å². The van der Waals surface area contributed by atoms with Crippen LogP contribution in [0.3, 0.4) is 0 Å². The molecule has 0 amide bonds. The van der Waals surface area contributed by atoms with E-state index >= 15 is 0 Å². The minimum Gasteiger partial charge on any atom is -0.507 e. The predicted molar refractivity (Wildman–Crippen MR) is 146 cm³/mol. The van der Waals surface area contributed by atoms with E-state index in [0.29, 0.717) is 40.3 Å². The van der Waals surface area contributed by atoms with E-state index in [2.05, 4.69) is 15.9 Å². The first-order chi connectivity index (χ1) is 19.0. The van der Waals surface area contributed by atoms with E-state index in [9.17, 15) is 9.90 Å². The van der Waals surface area contributed by atoms with Crippen molar-refractivity contribution in [1.29, 1.82) is 0 Å². The van der Waals surface area contributed by atoms with Crippen LogP contribution >= 0.6 is 0 Å². The molecule has 0 atom stereocenters. The molecule has 2 aliphatic heterocycles. The van der Waals surface area contributed by atoms with Crippen molar-refractivity contribution >= 4 is 11.0 Å². The van der Waals surface area contributed by atoms with Crippen LogP contribution < -0.4 is 24.6 Å². The number of phenols is 1. The fraction of sp³-hybridized carbons (Fsp3) is 0.300. The first kappa shape index (κ1) is 25.1. The van der Waals surface area contributed by atoms with Gasteiger partial charge in [0.05, 0.1) is 25.3 Å². The van der Waals surface area contributed by atoms with E-state index in [0.717, 1.165) is 49.6 Å². The molecular formula is C30H30N2O7. The van der Waals surface area contributed by atoms with Crippen LogP contribution in [0.1, 0.15) is 11.1 Å². The van der Waals surface area contributed by atoms with Gasteiger partial charge in [-0.25, -0.2) is 4.79 Å². The number of hydrogen-bond acceptors (Lipinski definition) is 9. The summed E-state index contributed by atoms with van der Waals surface area (Å²) < 4.78 is 27.6. The molecular weight excluding hydrogens is 500 g/mol. The third-order valence-electron chi connectivity index (χ3n) is 7.37. The van der Waals surface area contributed by atoms with Crippen LogP contribution in [-0.2, 0) is 13.1 Å². The van der Waals surface area contributed by atoms with Gasteiger partial charge in [-0.05, 0) is 54.1 Å². The maximum atomic E-state index is 13.2. The van der Waals surface area contributed by atoms with Crippen molar-refractivity contribution in [2.75, 3.05) is 47.2 Å². The highest BCUT2D eigenvalue weighted by molar-refractivity contribution is 5.87. The van der Waals surface area contributed by atoms with Gasteiger partial charge >= 0.3 is 5.63 Å². The van der Waals surface area contributed by atoms with Gasteiger partial charge in [0.2, 0.25) is 6.79 Å². The molecule has 3 heterocycles. The molecule has 202 valence electrons. The second-order valence-corrected chi connectivity index (χ2v) is 9.74. The zero-order valence-corrected chi connectivity index (χ0v) is 21.9. The number of ether oxygens (including phenoxy) is 4. The van der Waals surface area contributed by atoms with Gasteiger partial charge in [-0.2, -0.15) is 0 Å². The molecule has 1 saturated heterocycles. The van der Waals surface area contributed by atoms with Gasteiger partial charge in [0.15, 0.2) is 11.5 Å². The maximum Gasteiger partial charge on any atom is 0.344 e. The number of piperazine rings is 1. The van der Waals surface area contributed by atoms with Crippen LogP contribution in [0.5, 0.6) is 28.7 Å². The lowest BCUT2D eigenvalue weighted by Gasteiger charge is -2.34. The fourth-order valence-corrected chi connectivity index (χ4v) is 5.22. The van der Waals surface area contributed by atoms with Crippen LogP contribution in [-0.4, -0.2) is 62.1 Å². The standard InChI is InChI=1S/C30H30N2O7/c1-35-21-5-8-26(36-2)22(15-21)23-14-20-4-6-25(33)24(29(20)39-30(23)34)17-32-11-9-31(10-12-32)16-19-3-7-27-28(13-19)38-18-37-27/h3-8,13-15,33H,9-12,16-18H2,1-2H3. The Morgan fingerprint density at radius 3 is 2.36 bits per heavy atom. The molecule has 9 nitrogen and oxygen atoms in total. The van der Waals surface area contributed by atoms with Crippen molar-refractivity contribution in [3.63, 3.8) is 0 Å². The van der Waals surface area contributed by atoms with Crippen LogP contribution in [0, 0.1) is 0 Å². The van der Waals surface area contributed by atoms with Crippen LogP contribution in [0.25, 0.3) is 22.1 Å². The molecule has 0 radical (unpaired) electrons. The molecule has 1 N–H and O–H groups in total. The third kappa shape index (κ3) is 4.98. The Morgan fingerprint density at radius 1 is 0.821 bits per heavy atom. The number of phenolic OH excluding ortho intramolecular Hbond substituents is 1. The summed E-state index contributed by atoms with van der Waals surface area (Å²) in [4.78, 5) is 17.8. The SMILES string of the molecule is COc1ccc(OC)c(-c2cc3ccc(O)c(CN4CCN(Cc5ccc6c(c5)OCO6)CC4)c3oc2=O)c1. The molecule has 39 heavy (non-hydrogen) atoms. The Kier molecular flexibility index (Phi) is 6.76. The number of nitrogens with zero attached hydrogens (tertiary/aromatic N) is 2. The van der Waals surface area contributed by atoms with Crippen molar-refractivity contribution in [1.82, 2.24) is 9.80 Å². The van der Waals surface area contributed by atoms with E-state index in [4.69, 9.17) is 23.4 Å². The van der Waals surface area contributed by atoms with E-state index < -0.39 is 5.63 Å². The molecule has 9 heteroatoms. The highest BCUT2D eigenvalue weighted by Gasteiger charge is 2.22. The summed E-state index contributed by atoms with van der Waals surface area (Å²) in [6.07, 6.45) is 0. The molecule has 0 aliphatic carbocycles. The molecule has 2 aliphatic rings. The Morgan fingerprint density at radius 2 is 1.59 bits per heavy atom. The topological polar surface area (TPSA) is 93.8 Å². The minimum absolute atomic E-state index is 0.111. The van der Waals surface area contributed by atoms with Crippen molar-refractivity contribution in [3.8, 4) is 39.9 Å². The molecule has 0 unspecified atom stereocenters. The van der Waals surface area contributed by atoms with E-state index in [1.54, 1.807) is 50.6 Å². The highest BCUT2D eigenvalue weighted by Crippen LogP contribution is 2.36. The number of hydrogen-bond donors (Lipinski definition) is 1. The summed E-state index contributed by atoms with van der Waals surface area (Å²) in [6.45, 7) is 4.98. The normalized spacial score (nSPS) is 15.5.